The van der Waals surface area contributed by atoms with Crippen LogP contribution in [0.15, 0.2) is 48.8 Å². The summed E-state index contributed by atoms with van der Waals surface area (Å²) in [6, 6.07) is 9.40. The zero-order valence-electron chi connectivity index (χ0n) is 9.15. The van der Waals surface area contributed by atoms with Gasteiger partial charge in [-0.2, -0.15) is 0 Å². The molecule has 1 aromatic heterocycles. The van der Waals surface area contributed by atoms with Gasteiger partial charge < -0.3 is 9.94 Å². The number of hydrogen-bond donors (Lipinski definition) is 1. The maximum Gasteiger partial charge on any atom is 0.445 e. The summed E-state index contributed by atoms with van der Waals surface area (Å²) in [5.41, 5.74) is 0.365. The molecule has 92 valence electrons. The van der Waals surface area contributed by atoms with Crippen LogP contribution in [0.2, 0.25) is 5.02 Å². The van der Waals surface area contributed by atoms with Gasteiger partial charge in [0.1, 0.15) is 0 Å². The number of benzene rings is 1. The lowest BCUT2D eigenvalue weighted by molar-refractivity contribution is 0.168. The lowest BCUT2D eigenvalue weighted by Crippen LogP contribution is -2.32. The topological polar surface area (TPSA) is 62.7 Å². The van der Waals surface area contributed by atoms with E-state index in [2.05, 4.69) is 4.98 Å². The van der Waals surface area contributed by atoms with Gasteiger partial charge in [-0.1, -0.05) is 11.6 Å². The second kappa shape index (κ2) is 5.37. The Labute approximate surface area is 108 Å². The van der Waals surface area contributed by atoms with E-state index in [1.54, 1.807) is 36.4 Å². The molecule has 2 rings (SSSR count). The number of hydroxylamine groups is 1. The second-order valence-corrected chi connectivity index (χ2v) is 3.76. The number of pyridine rings is 1. The standard InChI is InChI=1S/C12H9ClN2O3/c13-9-1-3-10(4-2-9)15(12(16)17)18-11-5-7-14-8-6-11/h1-8H,(H,16,17). The molecule has 1 amide bonds. The van der Waals surface area contributed by atoms with Crippen molar-refractivity contribution in [3.8, 4) is 5.75 Å². The molecule has 0 atom stereocenters. The maximum atomic E-state index is 11.1. The molecule has 0 aliphatic heterocycles. The highest BCUT2D eigenvalue weighted by Crippen LogP contribution is 2.20. The minimum absolute atomic E-state index is 0.365. The molecule has 0 saturated carbocycles. The van der Waals surface area contributed by atoms with Gasteiger partial charge in [-0.3, -0.25) is 4.98 Å². The first-order chi connectivity index (χ1) is 8.66. The molecule has 0 fully saturated rings. The van der Waals surface area contributed by atoms with E-state index in [-0.39, 0.29) is 0 Å². The molecule has 0 saturated heterocycles. The highest BCUT2D eigenvalue weighted by Gasteiger charge is 2.16. The molecule has 18 heavy (non-hydrogen) atoms. The Hall–Kier alpha value is -2.27. The Bertz CT molecular complexity index is 531. The van der Waals surface area contributed by atoms with Crippen molar-refractivity contribution >= 4 is 23.4 Å². The van der Waals surface area contributed by atoms with E-state index in [0.29, 0.717) is 16.5 Å². The van der Waals surface area contributed by atoms with Crippen LogP contribution in [0.4, 0.5) is 10.5 Å². The Morgan fingerprint density at radius 1 is 1.17 bits per heavy atom. The van der Waals surface area contributed by atoms with Crippen molar-refractivity contribution < 1.29 is 14.7 Å². The monoisotopic (exact) mass is 264 g/mol. The first-order valence-electron chi connectivity index (χ1n) is 5.03. The number of halogens is 1. The van der Waals surface area contributed by atoms with E-state index >= 15 is 0 Å². The number of aromatic nitrogens is 1. The Kier molecular flexibility index (Phi) is 3.64. The fraction of sp³-hybridized carbons (Fsp3) is 0. The molecule has 0 unspecified atom stereocenters. The number of carbonyl (C=O) groups is 1. The van der Waals surface area contributed by atoms with E-state index in [4.69, 9.17) is 21.5 Å². The Balaban J connectivity index is 2.24. The van der Waals surface area contributed by atoms with E-state index < -0.39 is 6.09 Å². The van der Waals surface area contributed by atoms with Crippen molar-refractivity contribution in [1.82, 2.24) is 4.98 Å². The van der Waals surface area contributed by atoms with Gasteiger partial charge in [0.25, 0.3) is 0 Å². The van der Waals surface area contributed by atoms with Gasteiger partial charge in [0.05, 0.1) is 5.69 Å². The molecular formula is C12H9ClN2O3. The fourth-order valence-electron chi connectivity index (χ4n) is 1.28. The summed E-state index contributed by atoms with van der Waals surface area (Å²) < 4.78 is 0. The molecular weight excluding hydrogens is 256 g/mol. The van der Waals surface area contributed by atoms with Crippen molar-refractivity contribution in [3.05, 3.63) is 53.8 Å². The van der Waals surface area contributed by atoms with Gasteiger partial charge in [0.15, 0.2) is 5.75 Å². The van der Waals surface area contributed by atoms with Gasteiger partial charge in [-0.05, 0) is 24.3 Å². The average molecular weight is 265 g/mol. The number of rotatable bonds is 3. The Morgan fingerprint density at radius 2 is 1.78 bits per heavy atom. The SMILES string of the molecule is O=C(O)N(Oc1ccncc1)c1ccc(Cl)cc1. The number of anilines is 1. The second-order valence-electron chi connectivity index (χ2n) is 3.33. The van der Waals surface area contributed by atoms with Crippen LogP contribution in [-0.4, -0.2) is 16.2 Å². The van der Waals surface area contributed by atoms with Gasteiger partial charge >= 0.3 is 6.09 Å². The molecule has 1 aromatic carbocycles. The lowest BCUT2D eigenvalue weighted by Gasteiger charge is -2.18. The van der Waals surface area contributed by atoms with Crippen LogP contribution < -0.4 is 9.90 Å². The van der Waals surface area contributed by atoms with Crippen molar-refractivity contribution in [2.45, 2.75) is 0 Å². The third-order valence-electron chi connectivity index (χ3n) is 2.08. The molecule has 0 aliphatic carbocycles. The van der Waals surface area contributed by atoms with Crippen LogP contribution in [0.3, 0.4) is 0 Å². The lowest BCUT2D eigenvalue weighted by atomic mass is 10.3. The number of hydrogen-bond acceptors (Lipinski definition) is 3. The van der Waals surface area contributed by atoms with Crippen molar-refractivity contribution in [2.24, 2.45) is 0 Å². The molecule has 0 bridgehead atoms. The molecule has 1 heterocycles. The first-order valence-corrected chi connectivity index (χ1v) is 5.41. The van der Waals surface area contributed by atoms with Gasteiger partial charge in [0, 0.05) is 29.5 Å². The first kappa shape index (κ1) is 12.2. The molecule has 0 radical (unpaired) electrons. The summed E-state index contributed by atoms with van der Waals surface area (Å²) in [6.45, 7) is 0. The molecule has 1 N–H and O–H groups in total. The zero-order valence-corrected chi connectivity index (χ0v) is 9.91. The highest BCUT2D eigenvalue weighted by molar-refractivity contribution is 6.30. The van der Waals surface area contributed by atoms with Crippen LogP contribution in [0, 0.1) is 0 Å². The van der Waals surface area contributed by atoms with Crippen LogP contribution >= 0.6 is 11.6 Å². The van der Waals surface area contributed by atoms with E-state index in [1.165, 1.54) is 12.4 Å². The van der Waals surface area contributed by atoms with Crippen LogP contribution in [0.1, 0.15) is 0 Å². The zero-order chi connectivity index (χ0) is 13.0. The number of carboxylic acid groups (broad SMARTS) is 1. The molecule has 2 aromatic rings. The molecule has 5 nitrogen and oxygen atoms in total. The molecule has 0 aliphatic rings. The normalized spacial score (nSPS) is 9.83. The summed E-state index contributed by atoms with van der Waals surface area (Å²) in [5.74, 6) is 0.377. The largest absolute Gasteiger partial charge is 0.463 e. The summed E-state index contributed by atoms with van der Waals surface area (Å²) >= 11 is 5.74. The quantitative estimate of drug-likeness (QED) is 0.865. The van der Waals surface area contributed by atoms with E-state index in [9.17, 15) is 4.79 Å². The molecule has 0 spiro atoms. The van der Waals surface area contributed by atoms with Crippen molar-refractivity contribution in [1.29, 1.82) is 0 Å². The number of nitrogens with zero attached hydrogens (tertiary/aromatic N) is 2. The van der Waals surface area contributed by atoms with E-state index in [1.807, 2.05) is 0 Å². The van der Waals surface area contributed by atoms with Crippen LogP contribution in [-0.2, 0) is 0 Å². The summed E-state index contributed by atoms with van der Waals surface area (Å²) in [4.78, 5) is 20.2. The summed E-state index contributed by atoms with van der Waals surface area (Å²) in [6.07, 6.45) is 1.79. The summed E-state index contributed by atoms with van der Waals surface area (Å²) in [5, 5.41) is 10.4. The third-order valence-corrected chi connectivity index (χ3v) is 2.33. The predicted molar refractivity (Wildman–Crippen MR) is 66.8 cm³/mol. The third kappa shape index (κ3) is 2.89. The summed E-state index contributed by atoms with van der Waals surface area (Å²) in [7, 11) is 0. The fourth-order valence-corrected chi connectivity index (χ4v) is 1.41. The van der Waals surface area contributed by atoms with Gasteiger partial charge in [0.2, 0.25) is 0 Å². The van der Waals surface area contributed by atoms with Crippen LogP contribution in [0.25, 0.3) is 0 Å². The average Bonchev–Trinajstić information content (AvgIpc) is 2.38. The highest BCUT2D eigenvalue weighted by atomic mass is 35.5. The maximum absolute atomic E-state index is 11.1. The van der Waals surface area contributed by atoms with E-state index in [0.717, 1.165) is 5.06 Å². The van der Waals surface area contributed by atoms with Gasteiger partial charge in [-0.25, -0.2) is 4.79 Å². The van der Waals surface area contributed by atoms with Crippen LogP contribution in [0.5, 0.6) is 5.75 Å². The number of amides is 1. The predicted octanol–water partition coefficient (Wildman–Crippen LogP) is 3.21. The molecule has 6 heteroatoms. The minimum Gasteiger partial charge on any atom is -0.463 e. The Morgan fingerprint density at radius 3 is 2.33 bits per heavy atom. The van der Waals surface area contributed by atoms with Gasteiger partial charge in [-0.15, -0.1) is 5.06 Å². The minimum atomic E-state index is -1.23. The van der Waals surface area contributed by atoms with Crippen molar-refractivity contribution in [3.63, 3.8) is 0 Å². The van der Waals surface area contributed by atoms with Crippen molar-refractivity contribution in [2.75, 3.05) is 5.06 Å². The smallest absolute Gasteiger partial charge is 0.445 e.